The Hall–Kier alpha value is -0.520. The maximum absolute atomic E-state index is 5.40. The van der Waals surface area contributed by atoms with Gasteiger partial charge in [-0.15, -0.1) is 12.3 Å². The summed E-state index contributed by atoms with van der Waals surface area (Å²) in [5, 5.41) is 3.75. The van der Waals surface area contributed by atoms with E-state index in [0.29, 0.717) is 12.1 Å². The van der Waals surface area contributed by atoms with E-state index in [1.807, 2.05) is 0 Å². The van der Waals surface area contributed by atoms with Crippen molar-refractivity contribution in [2.75, 3.05) is 13.1 Å². The minimum absolute atomic E-state index is 0.531. The van der Waals surface area contributed by atoms with Crippen LogP contribution in [0.4, 0.5) is 0 Å². The van der Waals surface area contributed by atoms with Gasteiger partial charge in [-0.05, 0) is 45.2 Å². The van der Waals surface area contributed by atoms with Gasteiger partial charge < -0.3 is 10.2 Å². The van der Waals surface area contributed by atoms with Crippen LogP contribution < -0.4 is 5.32 Å². The Labute approximate surface area is 99.8 Å². The number of hydrogen-bond donors (Lipinski definition) is 1. The van der Waals surface area contributed by atoms with Crippen molar-refractivity contribution in [3.63, 3.8) is 0 Å². The Morgan fingerprint density at radius 1 is 1.44 bits per heavy atom. The third-order valence-electron chi connectivity index (χ3n) is 4.15. The summed E-state index contributed by atoms with van der Waals surface area (Å²) < 4.78 is 0. The Morgan fingerprint density at radius 3 is 3.06 bits per heavy atom. The van der Waals surface area contributed by atoms with E-state index >= 15 is 0 Å². The normalized spacial score (nSPS) is 32.0. The first kappa shape index (κ1) is 12.0. The van der Waals surface area contributed by atoms with Crippen LogP contribution in [0.3, 0.4) is 0 Å². The molecule has 2 aliphatic rings. The molecule has 3 atom stereocenters. The van der Waals surface area contributed by atoms with Crippen molar-refractivity contribution in [2.45, 2.75) is 63.6 Å². The molecule has 90 valence electrons. The van der Waals surface area contributed by atoms with Crippen LogP contribution in [0.2, 0.25) is 0 Å². The van der Waals surface area contributed by atoms with E-state index in [1.165, 1.54) is 38.8 Å². The fraction of sp³-hybridized carbons (Fsp3) is 0.857. The second-order valence-electron chi connectivity index (χ2n) is 5.23. The number of rotatable bonds is 4. The average Bonchev–Trinajstić information content (AvgIpc) is 2.75. The van der Waals surface area contributed by atoms with Gasteiger partial charge in [0, 0.05) is 24.5 Å². The van der Waals surface area contributed by atoms with Crippen LogP contribution in [-0.4, -0.2) is 36.1 Å². The van der Waals surface area contributed by atoms with Crippen LogP contribution in [0.1, 0.15) is 45.4 Å². The molecule has 0 aromatic carbocycles. The molecule has 2 heteroatoms. The van der Waals surface area contributed by atoms with E-state index in [9.17, 15) is 0 Å². The minimum Gasteiger partial charge on any atom is -0.310 e. The van der Waals surface area contributed by atoms with Crippen LogP contribution in [0.25, 0.3) is 0 Å². The quantitative estimate of drug-likeness (QED) is 0.729. The molecule has 0 aliphatic carbocycles. The number of nitrogens with zero attached hydrogens (tertiary/aromatic N) is 1. The van der Waals surface area contributed by atoms with Crippen molar-refractivity contribution in [3.8, 4) is 12.3 Å². The van der Waals surface area contributed by atoms with E-state index in [-0.39, 0.29) is 0 Å². The fourth-order valence-corrected chi connectivity index (χ4v) is 3.17. The maximum Gasteiger partial charge on any atom is 0.0240 e. The summed E-state index contributed by atoms with van der Waals surface area (Å²) in [7, 11) is 0. The molecule has 2 nitrogen and oxygen atoms in total. The topological polar surface area (TPSA) is 15.3 Å². The molecule has 0 bridgehead atoms. The molecule has 2 heterocycles. The summed E-state index contributed by atoms with van der Waals surface area (Å²) in [5.41, 5.74) is 0. The van der Waals surface area contributed by atoms with Crippen LogP contribution in [0.15, 0.2) is 0 Å². The third-order valence-corrected chi connectivity index (χ3v) is 4.15. The maximum atomic E-state index is 5.40. The molecule has 2 saturated heterocycles. The predicted octanol–water partition coefficient (Wildman–Crippen LogP) is 2.00. The molecule has 0 spiro atoms. The Balaban J connectivity index is 1.80. The van der Waals surface area contributed by atoms with Gasteiger partial charge in [0.15, 0.2) is 0 Å². The van der Waals surface area contributed by atoms with Gasteiger partial charge in [-0.1, -0.05) is 6.92 Å². The van der Waals surface area contributed by atoms with Crippen molar-refractivity contribution >= 4 is 0 Å². The molecule has 0 aromatic rings. The van der Waals surface area contributed by atoms with Gasteiger partial charge in [-0.3, -0.25) is 0 Å². The molecule has 2 aliphatic heterocycles. The highest BCUT2D eigenvalue weighted by Gasteiger charge is 2.31. The first-order chi connectivity index (χ1) is 7.83. The highest BCUT2D eigenvalue weighted by atomic mass is 15.2. The summed E-state index contributed by atoms with van der Waals surface area (Å²) in [6.07, 6.45) is 12.9. The zero-order valence-corrected chi connectivity index (χ0v) is 10.4. The lowest BCUT2D eigenvalue weighted by Gasteiger charge is -2.36. The lowest BCUT2D eigenvalue weighted by molar-refractivity contribution is 0.160. The SMILES string of the molecule is C#CCC(CC)NC1CCN2CCCC2C1. The van der Waals surface area contributed by atoms with E-state index in [4.69, 9.17) is 6.42 Å². The van der Waals surface area contributed by atoms with Gasteiger partial charge in [-0.25, -0.2) is 0 Å². The van der Waals surface area contributed by atoms with E-state index in [1.54, 1.807) is 0 Å². The third kappa shape index (κ3) is 2.78. The second-order valence-corrected chi connectivity index (χ2v) is 5.23. The minimum atomic E-state index is 0.531. The summed E-state index contributed by atoms with van der Waals surface area (Å²) in [5.74, 6) is 2.78. The van der Waals surface area contributed by atoms with Crippen molar-refractivity contribution in [2.24, 2.45) is 0 Å². The molecule has 0 radical (unpaired) electrons. The Kier molecular flexibility index (Phi) is 4.26. The first-order valence-electron chi connectivity index (χ1n) is 6.77. The van der Waals surface area contributed by atoms with E-state index in [0.717, 1.165) is 18.9 Å². The molecule has 0 amide bonds. The molecule has 2 fully saturated rings. The van der Waals surface area contributed by atoms with Gasteiger partial charge in [0.2, 0.25) is 0 Å². The molecule has 16 heavy (non-hydrogen) atoms. The van der Waals surface area contributed by atoms with Crippen molar-refractivity contribution in [3.05, 3.63) is 0 Å². The van der Waals surface area contributed by atoms with Crippen LogP contribution >= 0.6 is 0 Å². The van der Waals surface area contributed by atoms with Crippen LogP contribution in [0, 0.1) is 12.3 Å². The van der Waals surface area contributed by atoms with Crippen molar-refractivity contribution in [1.29, 1.82) is 0 Å². The molecule has 1 N–H and O–H groups in total. The van der Waals surface area contributed by atoms with Crippen molar-refractivity contribution < 1.29 is 0 Å². The smallest absolute Gasteiger partial charge is 0.0240 e. The number of fused-ring (bicyclic) bond motifs is 1. The highest BCUT2D eigenvalue weighted by Crippen LogP contribution is 2.27. The zero-order chi connectivity index (χ0) is 11.4. The van der Waals surface area contributed by atoms with Gasteiger partial charge in [0.1, 0.15) is 0 Å². The molecular weight excluding hydrogens is 196 g/mol. The fourth-order valence-electron chi connectivity index (χ4n) is 3.17. The monoisotopic (exact) mass is 220 g/mol. The Morgan fingerprint density at radius 2 is 2.31 bits per heavy atom. The predicted molar refractivity (Wildman–Crippen MR) is 68.3 cm³/mol. The number of piperidine rings is 1. The van der Waals surface area contributed by atoms with Crippen molar-refractivity contribution in [1.82, 2.24) is 10.2 Å². The van der Waals surface area contributed by atoms with Gasteiger partial charge in [0.25, 0.3) is 0 Å². The number of nitrogens with one attached hydrogen (secondary N) is 1. The zero-order valence-electron chi connectivity index (χ0n) is 10.4. The van der Waals surface area contributed by atoms with E-state index < -0.39 is 0 Å². The van der Waals surface area contributed by atoms with Crippen LogP contribution in [-0.2, 0) is 0 Å². The Bertz CT molecular complexity index is 256. The lowest BCUT2D eigenvalue weighted by Crippen LogP contribution is -2.48. The second kappa shape index (κ2) is 5.70. The average molecular weight is 220 g/mol. The number of terminal acetylenes is 1. The summed E-state index contributed by atoms with van der Waals surface area (Å²) in [4.78, 5) is 2.67. The lowest BCUT2D eigenvalue weighted by atomic mass is 9.96. The molecule has 0 aromatic heterocycles. The molecule has 3 unspecified atom stereocenters. The van der Waals surface area contributed by atoms with E-state index in [2.05, 4.69) is 23.1 Å². The highest BCUT2D eigenvalue weighted by molar-refractivity contribution is 4.94. The molecule has 0 saturated carbocycles. The summed E-state index contributed by atoms with van der Waals surface area (Å²) in [6, 6.07) is 2.09. The standard InChI is InChI=1S/C14H24N2/c1-3-6-12(4-2)15-13-8-10-16-9-5-7-14(16)11-13/h1,12-15H,4-11H2,2H3. The van der Waals surface area contributed by atoms with Gasteiger partial charge >= 0.3 is 0 Å². The largest absolute Gasteiger partial charge is 0.310 e. The summed E-state index contributed by atoms with van der Waals surface area (Å²) >= 11 is 0. The van der Waals surface area contributed by atoms with Gasteiger partial charge in [-0.2, -0.15) is 0 Å². The van der Waals surface area contributed by atoms with Gasteiger partial charge in [0.05, 0.1) is 0 Å². The first-order valence-corrected chi connectivity index (χ1v) is 6.77. The van der Waals surface area contributed by atoms with Crippen LogP contribution in [0.5, 0.6) is 0 Å². The molecular formula is C14H24N2. The number of hydrogen-bond acceptors (Lipinski definition) is 2. The summed E-state index contributed by atoms with van der Waals surface area (Å²) in [6.45, 7) is 4.84. The molecule has 2 rings (SSSR count).